The van der Waals surface area contributed by atoms with E-state index in [1.807, 2.05) is 6.07 Å². The van der Waals surface area contributed by atoms with Crippen molar-refractivity contribution in [1.29, 1.82) is 0 Å². The van der Waals surface area contributed by atoms with Crippen LogP contribution in [-0.2, 0) is 6.42 Å². The van der Waals surface area contributed by atoms with Gasteiger partial charge in [0, 0.05) is 10.6 Å². The summed E-state index contributed by atoms with van der Waals surface area (Å²) in [7, 11) is 0. The smallest absolute Gasteiger partial charge is 0.138 e. The van der Waals surface area contributed by atoms with Crippen molar-refractivity contribution in [2.45, 2.75) is 24.2 Å². The van der Waals surface area contributed by atoms with E-state index in [1.165, 1.54) is 11.6 Å². The van der Waals surface area contributed by atoms with Crippen molar-refractivity contribution in [3.05, 3.63) is 59.9 Å². The summed E-state index contributed by atoms with van der Waals surface area (Å²) >= 11 is 1.56. The number of halogens is 1. The molecule has 0 unspecified atom stereocenters. The van der Waals surface area contributed by atoms with E-state index < -0.39 is 0 Å². The van der Waals surface area contributed by atoms with E-state index in [2.05, 4.69) is 24.3 Å². The predicted octanol–water partition coefficient (Wildman–Crippen LogP) is 4.52. The summed E-state index contributed by atoms with van der Waals surface area (Å²) in [6.45, 7) is 0. The fraction of sp³-hybridized carbons (Fsp3) is 0.250. The zero-order valence-electron chi connectivity index (χ0n) is 10.8. The molecule has 1 nitrogen and oxygen atoms in total. The molecule has 2 aromatic rings. The molecule has 0 aliphatic rings. The molecule has 0 amide bonds. The first-order valence-electron chi connectivity index (χ1n) is 6.47. The third-order valence-electron chi connectivity index (χ3n) is 2.92. The van der Waals surface area contributed by atoms with Gasteiger partial charge in [-0.3, -0.25) is 0 Å². The highest BCUT2D eigenvalue weighted by atomic mass is 32.2. The Labute approximate surface area is 118 Å². The highest BCUT2D eigenvalue weighted by Crippen LogP contribution is 2.24. The van der Waals surface area contributed by atoms with Crippen LogP contribution in [0.2, 0.25) is 0 Å². The van der Waals surface area contributed by atoms with Crippen molar-refractivity contribution in [3.63, 3.8) is 0 Å². The van der Waals surface area contributed by atoms with Gasteiger partial charge in [0.15, 0.2) is 0 Å². The molecule has 0 spiro atoms. The summed E-state index contributed by atoms with van der Waals surface area (Å²) in [5.41, 5.74) is 7.36. The first-order valence-corrected chi connectivity index (χ1v) is 7.46. The maximum atomic E-state index is 13.5. The van der Waals surface area contributed by atoms with E-state index in [4.69, 9.17) is 5.73 Å². The Morgan fingerprint density at radius 2 is 1.79 bits per heavy atom. The average Bonchev–Trinajstić information content (AvgIpc) is 2.42. The number of nitrogen functional groups attached to an aromatic ring is 1. The summed E-state index contributed by atoms with van der Waals surface area (Å²) in [4.78, 5) is 0.689. The van der Waals surface area contributed by atoms with Crippen molar-refractivity contribution >= 4 is 17.4 Å². The minimum atomic E-state index is -0.215. The highest BCUT2D eigenvalue weighted by Gasteiger charge is 2.02. The number of rotatable bonds is 6. The minimum Gasteiger partial charge on any atom is -0.399 e. The Kier molecular flexibility index (Phi) is 5.28. The average molecular weight is 275 g/mol. The first kappa shape index (κ1) is 13.9. The minimum absolute atomic E-state index is 0.215. The number of thioether (sulfide) groups is 1. The molecule has 0 bridgehead atoms. The van der Waals surface area contributed by atoms with Crippen LogP contribution in [0.25, 0.3) is 0 Å². The molecule has 0 fully saturated rings. The van der Waals surface area contributed by atoms with Crippen LogP contribution in [0.1, 0.15) is 18.4 Å². The molecule has 0 saturated heterocycles. The van der Waals surface area contributed by atoms with Crippen LogP contribution < -0.4 is 5.73 Å². The number of hydrogen-bond acceptors (Lipinski definition) is 2. The lowest BCUT2D eigenvalue weighted by molar-refractivity contribution is 0.602. The first-order chi connectivity index (χ1) is 9.25. The number of nitrogens with two attached hydrogens (primary N) is 1. The van der Waals surface area contributed by atoms with Gasteiger partial charge in [-0.05, 0) is 48.8 Å². The van der Waals surface area contributed by atoms with Gasteiger partial charge in [0.2, 0.25) is 0 Å². The van der Waals surface area contributed by atoms with Crippen molar-refractivity contribution in [3.8, 4) is 0 Å². The quantitative estimate of drug-likeness (QED) is 0.476. The molecule has 3 heteroatoms. The number of benzene rings is 2. The van der Waals surface area contributed by atoms with Gasteiger partial charge in [-0.1, -0.05) is 30.3 Å². The van der Waals surface area contributed by atoms with Crippen LogP contribution in [0.5, 0.6) is 0 Å². The Hall–Kier alpha value is -1.48. The predicted molar refractivity (Wildman–Crippen MR) is 80.9 cm³/mol. The molecule has 0 radical (unpaired) electrons. The molecule has 0 aromatic heterocycles. The topological polar surface area (TPSA) is 26.0 Å². The van der Waals surface area contributed by atoms with Gasteiger partial charge in [-0.15, -0.1) is 11.8 Å². The summed E-state index contributed by atoms with van der Waals surface area (Å²) in [5.74, 6) is 0.723. The maximum Gasteiger partial charge on any atom is 0.138 e. The molecule has 0 atom stereocenters. The molecule has 2 N–H and O–H groups in total. The fourth-order valence-corrected chi connectivity index (χ4v) is 2.82. The van der Waals surface area contributed by atoms with Gasteiger partial charge in [-0.25, -0.2) is 4.39 Å². The van der Waals surface area contributed by atoms with E-state index in [0.29, 0.717) is 10.6 Å². The van der Waals surface area contributed by atoms with Crippen LogP contribution in [0.15, 0.2) is 53.4 Å². The monoisotopic (exact) mass is 275 g/mol. The Bertz CT molecular complexity index is 513. The fourth-order valence-electron chi connectivity index (χ4n) is 1.89. The molecule has 0 aliphatic heterocycles. The number of anilines is 1. The second-order valence-electron chi connectivity index (χ2n) is 4.48. The van der Waals surface area contributed by atoms with Crippen molar-refractivity contribution in [2.24, 2.45) is 0 Å². The standard InChI is InChI=1S/C16H18FNS/c17-15-12-14(18)9-10-16(15)19-11-5-4-8-13-6-2-1-3-7-13/h1-3,6-7,9-10,12H,4-5,8,11,18H2. The van der Waals surface area contributed by atoms with Crippen molar-refractivity contribution < 1.29 is 4.39 Å². The van der Waals surface area contributed by atoms with Crippen LogP contribution in [-0.4, -0.2) is 5.75 Å². The van der Waals surface area contributed by atoms with E-state index in [1.54, 1.807) is 23.9 Å². The van der Waals surface area contributed by atoms with E-state index in [9.17, 15) is 4.39 Å². The van der Waals surface area contributed by atoms with Gasteiger partial charge in [0.05, 0.1) is 0 Å². The highest BCUT2D eigenvalue weighted by molar-refractivity contribution is 7.99. The van der Waals surface area contributed by atoms with E-state index in [0.717, 1.165) is 25.0 Å². The maximum absolute atomic E-state index is 13.5. The molecule has 0 heterocycles. The molecule has 2 aromatic carbocycles. The van der Waals surface area contributed by atoms with E-state index in [-0.39, 0.29) is 5.82 Å². The zero-order valence-corrected chi connectivity index (χ0v) is 11.6. The molecule has 19 heavy (non-hydrogen) atoms. The van der Waals surface area contributed by atoms with Gasteiger partial charge < -0.3 is 5.73 Å². The molecule has 100 valence electrons. The summed E-state index contributed by atoms with van der Waals surface area (Å²) in [5, 5.41) is 0. The second kappa shape index (κ2) is 7.19. The van der Waals surface area contributed by atoms with Crippen LogP contribution in [0.3, 0.4) is 0 Å². The molecule has 0 aliphatic carbocycles. The Morgan fingerprint density at radius 3 is 2.53 bits per heavy atom. The normalized spacial score (nSPS) is 10.6. The van der Waals surface area contributed by atoms with Gasteiger partial charge in [0.1, 0.15) is 5.82 Å². The number of hydrogen-bond donors (Lipinski definition) is 1. The lowest BCUT2D eigenvalue weighted by Gasteiger charge is -2.04. The van der Waals surface area contributed by atoms with Gasteiger partial charge >= 0.3 is 0 Å². The summed E-state index contributed by atoms with van der Waals surface area (Å²) in [6, 6.07) is 15.3. The largest absolute Gasteiger partial charge is 0.399 e. The van der Waals surface area contributed by atoms with Gasteiger partial charge in [0.25, 0.3) is 0 Å². The molecular weight excluding hydrogens is 257 g/mol. The summed E-state index contributed by atoms with van der Waals surface area (Å²) in [6.07, 6.45) is 3.31. The lowest BCUT2D eigenvalue weighted by atomic mass is 10.1. The third kappa shape index (κ3) is 4.60. The Balaban J connectivity index is 1.69. The number of unbranched alkanes of at least 4 members (excludes halogenated alkanes) is 1. The van der Waals surface area contributed by atoms with Crippen LogP contribution in [0, 0.1) is 5.82 Å². The number of aryl methyl sites for hydroxylation is 1. The molecular formula is C16H18FNS. The van der Waals surface area contributed by atoms with Gasteiger partial charge in [-0.2, -0.15) is 0 Å². The van der Waals surface area contributed by atoms with Crippen molar-refractivity contribution in [1.82, 2.24) is 0 Å². The second-order valence-corrected chi connectivity index (χ2v) is 5.62. The third-order valence-corrected chi connectivity index (χ3v) is 4.05. The van der Waals surface area contributed by atoms with E-state index >= 15 is 0 Å². The SMILES string of the molecule is Nc1ccc(SCCCCc2ccccc2)c(F)c1. The zero-order chi connectivity index (χ0) is 13.5. The molecule has 2 rings (SSSR count). The van der Waals surface area contributed by atoms with Crippen LogP contribution >= 0.6 is 11.8 Å². The van der Waals surface area contributed by atoms with Crippen LogP contribution in [0.4, 0.5) is 10.1 Å². The summed E-state index contributed by atoms with van der Waals surface area (Å²) < 4.78 is 13.5. The molecule has 0 saturated carbocycles. The Morgan fingerprint density at radius 1 is 1.00 bits per heavy atom. The van der Waals surface area contributed by atoms with Crippen molar-refractivity contribution in [2.75, 3.05) is 11.5 Å². The lowest BCUT2D eigenvalue weighted by Crippen LogP contribution is -1.90.